The molecule has 4 aliphatic rings. The van der Waals surface area contributed by atoms with Crippen LogP contribution >= 0.6 is 0 Å². The average molecular weight is 895 g/mol. The van der Waals surface area contributed by atoms with Gasteiger partial charge in [-0.15, -0.1) is 0 Å². The minimum atomic E-state index is -0.997. The van der Waals surface area contributed by atoms with E-state index < -0.39 is 24.2 Å². The van der Waals surface area contributed by atoms with Crippen LogP contribution in [0.3, 0.4) is 0 Å². The summed E-state index contributed by atoms with van der Waals surface area (Å²) >= 11 is 0. The molecule has 0 amide bonds. The first kappa shape index (κ1) is 50.1. The number of methoxy groups -OCH3 is 1. The minimum absolute atomic E-state index is 0.00721. The molecule has 0 spiro atoms. The molecule has 5 heterocycles. The van der Waals surface area contributed by atoms with Gasteiger partial charge in [-0.3, -0.25) is 9.59 Å². The third-order valence-electron chi connectivity index (χ3n) is 15.5. The lowest BCUT2D eigenvalue weighted by molar-refractivity contribution is -0.142. The summed E-state index contributed by atoms with van der Waals surface area (Å²) in [4.78, 5) is 34.2. The van der Waals surface area contributed by atoms with Crippen molar-refractivity contribution in [3.63, 3.8) is 0 Å². The molecule has 0 saturated carbocycles. The summed E-state index contributed by atoms with van der Waals surface area (Å²) < 4.78 is 11.4. The highest BCUT2D eigenvalue weighted by atomic mass is 16.6. The third-order valence-corrected chi connectivity index (χ3v) is 15.5. The molecule has 0 radical (unpaired) electrons. The van der Waals surface area contributed by atoms with Gasteiger partial charge in [0.15, 0.2) is 12.1 Å². The number of Topliss-reactive ketones (excluding diaryl/α,β-unsaturated/α-hetero) is 1. The molecule has 2 unspecified atom stereocenters. The second-order valence-corrected chi connectivity index (χ2v) is 20.8. The molecular formula is C55H82N4O6. The number of carbonyl (C=O) groups is 2. The Morgan fingerprint density at radius 3 is 2.09 bits per heavy atom. The number of rotatable bonds is 21. The van der Waals surface area contributed by atoms with E-state index in [1.165, 1.54) is 57.6 Å². The SMILES string of the molecule is CC[C@H]1/C2=C/c3[nH]c4c(c3C)=C(O)[C@H](C(=O)OC)C=4C3N/C(=C\c4[nH]c(c(C(C)=O)c4C)/C=C(\N2)[C@@H]1C)[C@@H](C)[C@@H]3CCC(O)OC/C=C(/C)CCC[C@H](C)CCC[C@H](C)CCCC(C)C. The molecule has 2 aromatic rings. The molecule has 65 heavy (non-hydrogen) atoms. The van der Waals surface area contributed by atoms with Gasteiger partial charge in [-0.2, -0.15) is 0 Å². The van der Waals surface area contributed by atoms with Crippen molar-refractivity contribution < 1.29 is 29.3 Å². The maximum Gasteiger partial charge on any atom is 0.320 e. The molecule has 2 aromatic heterocycles. The van der Waals surface area contributed by atoms with Gasteiger partial charge in [-0.05, 0) is 118 Å². The summed E-state index contributed by atoms with van der Waals surface area (Å²) in [7, 11) is 1.36. The van der Waals surface area contributed by atoms with Crippen molar-refractivity contribution in [3.05, 3.63) is 73.1 Å². The van der Waals surface area contributed by atoms with E-state index in [-0.39, 0.29) is 35.2 Å². The molecule has 10 heteroatoms. The number of H-pyrrole nitrogens is 2. The molecular weight excluding hydrogens is 813 g/mol. The van der Waals surface area contributed by atoms with Gasteiger partial charge >= 0.3 is 5.97 Å². The Bertz CT molecular complexity index is 2290. The number of hydrogen-bond acceptors (Lipinski definition) is 8. The zero-order chi connectivity index (χ0) is 47.3. The van der Waals surface area contributed by atoms with Crippen LogP contribution in [0.4, 0.5) is 0 Å². The molecule has 1 aliphatic carbocycles. The van der Waals surface area contributed by atoms with E-state index in [1.807, 2.05) is 13.8 Å². The van der Waals surface area contributed by atoms with Crippen molar-refractivity contribution in [3.8, 4) is 0 Å². The standard InChI is InChI=1S/C55H82N4O6/c1-13-39-34(7)41-29-46-48(38(11)60)36(9)43(57-46)27-42-35(8)40(52(58-42)50-51(55(63)64-12)54(62)49-37(10)44(59-53(49)50)28-45(39)56-41)23-24-47(61)65-26-25-33(6)22-16-21-32(5)20-15-19-31(4)18-14-17-30(2)3/h25,27-32,34-35,39-40,47,51-52,56-59,61-62H,13-24,26H2,1-12H3/b33-25-,41-29-,42-27-,45-28-/t31-,32-,34-,35+,39-,40+,47?,51-,52?/m1/s1. The highest BCUT2D eigenvalue weighted by Crippen LogP contribution is 2.43. The van der Waals surface area contributed by atoms with Crippen LogP contribution in [0.15, 0.2) is 28.7 Å². The van der Waals surface area contributed by atoms with E-state index in [9.17, 15) is 19.8 Å². The number of ether oxygens (including phenoxy) is 2. The van der Waals surface area contributed by atoms with Crippen LogP contribution < -0.4 is 21.2 Å². The molecule has 9 atom stereocenters. The van der Waals surface area contributed by atoms with Crippen LogP contribution in [0.1, 0.15) is 178 Å². The second kappa shape index (κ2) is 22.0. The summed E-state index contributed by atoms with van der Waals surface area (Å²) in [6, 6.07) is -0.397. The highest BCUT2D eigenvalue weighted by Gasteiger charge is 2.47. The predicted molar refractivity (Wildman–Crippen MR) is 265 cm³/mol. The first-order chi connectivity index (χ1) is 30.9. The first-order valence-corrected chi connectivity index (χ1v) is 25.1. The van der Waals surface area contributed by atoms with Gasteiger partial charge in [-0.25, -0.2) is 0 Å². The van der Waals surface area contributed by atoms with E-state index in [1.54, 1.807) is 6.92 Å². The van der Waals surface area contributed by atoms with Gasteiger partial charge in [0.05, 0.1) is 30.8 Å². The maximum absolute atomic E-state index is 13.7. The van der Waals surface area contributed by atoms with Crippen LogP contribution in [0, 0.1) is 61.2 Å². The van der Waals surface area contributed by atoms with Crippen molar-refractivity contribution >= 4 is 41.3 Å². The molecule has 10 nitrogen and oxygen atoms in total. The smallest absolute Gasteiger partial charge is 0.320 e. The van der Waals surface area contributed by atoms with Crippen molar-refractivity contribution in [1.82, 2.24) is 20.6 Å². The fraction of sp³-hybridized carbons (Fsp3) is 0.636. The molecule has 3 aliphatic heterocycles. The lowest BCUT2D eigenvalue weighted by Gasteiger charge is -2.27. The summed E-state index contributed by atoms with van der Waals surface area (Å²) in [5, 5.41) is 32.1. The fourth-order valence-electron chi connectivity index (χ4n) is 11.3. The lowest BCUT2D eigenvalue weighted by Crippen LogP contribution is -2.38. The third kappa shape index (κ3) is 11.3. The maximum atomic E-state index is 13.7. The number of allylic oxidation sites excluding steroid dienone is 4. The van der Waals surface area contributed by atoms with Gasteiger partial charge in [0.25, 0.3) is 0 Å². The predicted octanol–water partition coefficient (Wildman–Crippen LogP) is 10.5. The van der Waals surface area contributed by atoms with E-state index in [2.05, 4.69) is 100 Å². The summed E-state index contributed by atoms with van der Waals surface area (Å²) in [5.74, 6) is 1.05. The fourth-order valence-corrected chi connectivity index (χ4v) is 11.3. The highest BCUT2D eigenvalue weighted by molar-refractivity contribution is 6.00. The van der Waals surface area contributed by atoms with Crippen molar-refractivity contribution in [2.45, 2.75) is 166 Å². The van der Waals surface area contributed by atoms with Crippen molar-refractivity contribution in [1.29, 1.82) is 0 Å². The van der Waals surface area contributed by atoms with Crippen LogP contribution in [-0.4, -0.2) is 58.0 Å². The average Bonchev–Trinajstić information content (AvgIpc) is 4.00. The monoisotopic (exact) mass is 895 g/mol. The second-order valence-electron chi connectivity index (χ2n) is 20.8. The zero-order valence-corrected chi connectivity index (χ0v) is 41.8. The molecule has 0 aromatic carbocycles. The van der Waals surface area contributed by atoms with Gasteiger partial charge in [0.2, 0.25) is 0 Å². The largest absolute Gasteiger partial charge is 0.510 e. The number of nitrogens with one attached hydrogen (secondary N) is 4. The number of aromatic nitrogens is 2. The van der Waals surface area contributed by atoms with Gasteiger partial charge in [0.1, 0.15) is 11.7 Å². The molecule has 2 fully saturated rings. The summed E-state index contributed by atoms with van der Waals surface area (Å²) in [6.45, 7) is 24.1. The Morgan fingerprint density at radius 2 is 1.45 bits per heavy atom. The number of fused-ring (bicyclic) bond motifs is 8. The summed E-state index contributed by atoms with van der Waals surface area (Å²) in [6.07, 6.45) is 20.7. The number of esters is 1. The van der Waals surface area contributed by atoms with E-state index >= 15 is 0 Å². The van der Waals surface area contributed by atoms with Crippen LogP contribution in [0.25, 0.3) is 29.6 Å². The Balaban J connectivity index is 1.21. The number of carbonyl (C=O) groups excluding carboxylic acids is 2. The summed E-state index contributed by atoms with van der Waals surface area (Å²) in [5.41, 5.74) is 9.91. The normalized spacial score (nSPS) is 26.5. The molecule has 6 rings (SSSR count). The van der Waals surface area contributed by atoms with Crippen LogP contribution in [0.5, 0.6) is 0 Å². The number of aliphatic hydroxyl groups excluding tert-OH is 2. The lowest BCUT2D eigenvalue weighted by atomic mass is 9.80. The van der Waals surface area contributed by atoms with E-state index in [4.69, 9.17) is 9.47 Å². The number of aromatic amines is 2. The number of hydrogen-bond donors (Lipinski definition) is 6. The van der Waals surface area contributed by atoms with Gasteiger partial charge < -0.3 is 40.3 Å². The Kier molecular flexibility index (Phi) is 17.0. The molecule has 6 N–H and O–H groups in total. The molecule has 358 valence electrons. The van der Waals surface area contributed by atoms with E-state index in [0.29, 0.717) is 30.2 Å². The first-order valence-electron chi connectivity index (χ1n) is 25.1. The Labute approximate surface area is 389 Å². The molecule has 2 saturated heterocycles. The minimum Gasteiger partial charge on any atom is -0.510 e. The van der Waals surface area contributed by atoms with E-state index in [0.717, 1.165) is 93.2 Å². The van der Waals surface area contributed by atoms with Crippen molar-refractivity contribution in [2.75, 3.05) is 13.7 Å². The van der Waals surface area contributed by atoms with Gasteiger partial charge in [-0.1, -0.05) is 105 Å². The molecule has 8 bridgehead atoms. The number of aliphatic hydroxyl groups is 2. The van der Waals surface area contributed by atoms with Crippen LogP contribution in [-0.2, 0) is 14.3 Å². The quantitative estimate of drug-likeness (QED) is 0.0314. The van der Waals surface area contributed by atoms with Crippen molar-refractivity contribution in [2.24, 2.45) is 47.3 Å². The van der Waals surface area contributed by atoms with Gasteiger partial charge in [0, 0.05) is 57.0 Å². The van der Waals surface area contributed by atoms with Crippen LogP contribution in [0.2, 0.25) is 0 Å². The number of ketones is 1. The zero-order valence-electron chi connectivity index (χ0n) is 41.8. The topological polar surface area (TPSA) is 149 Å². The Hall–Kier alpha value is -4.28. The Morgan fingerprint density at radius 1 is 0.815 bits per heavy atom.